The molecular weight excluding hydrogens is 328 g/mol. The van der Waals surface area contributed by atoms with Crippen LogP contribution < -0.4 is 0 Å². The number of rotatable bonds is 4. The summed E-state index contributed by atoms with van der Waals surface area (Å²) in [6.07, 6.45) is 8.69. The van der Waals surface area contributed by atoms with Gasteiger partial charge in [-0.2, -0.15) is 0 Å². The van der Waals surface area contributed by atoms with E-state index in [0.717, 1.165) is 0 Å². The van der Waals surface area contributed by atoms with Gasteiger partial charge < -0.3 is 0 Å². The van der Waals surface area contributed by atoms with Gasteiger partial charge in [0.15, 0.2) is 0 Å². The van der Waals surface area contributed by atoms with Crippen molar-refractivity contribution in [2.75, 3.05) is 0 Å². The van der Waals surface area contributed by atoms with Gasteiger partial charge in [0.05, 0.1) is 0 Å². The van der Waals surface area contributed by atoms with Crippen LogP contribution in [0.25, 0.3) is 0 Å². The SMILES string of the molecule is CC1=CC(C)[C]([Ti](=[SiH]Cc2ccccc2)[C]2=C(C)C=C(C)C2)=C1. The summed E-state index contributed by atoms with van der Waals surface area (Å²) in [6, 6.07) is 12.4. The second-order valence-electron chi connectivity index (χ2n) is 6.94. The van der Waals surface area contributed by atoms with Gasteiger partial charge in [0.25, 0.3) is 0 Å². The Morgan fingerprint density at radius 1 is 1.09 bits per heavy atom. The van der Waals surface area contributed by atoms with Gasteiger partial charge in [0, 0.05) is 0 Å². The quantitative estimate of drug-likeness (QED) is 0.647. The zero-order chi connectivity index (χ0) is 16.4. The summed E-state index contributed by atoms with van der Waals surface area (Å²) in [5.41, 5.74) is 6.18. The van der Waals surface area contributed by atoms with Gasteiger partial charge >= 0.3 is 148 Å². The van der Waals surface area contributed by atoms with Gasteiger partial charge in [-0.25, -0.2) is 0 Å². The molecule has 2 heteroatoms. The minimum absolute atomic E-state index is 0.513. The standard InChI is InChI=1S/C7H8Si.2C7H9.Ti/c8-6-7-4-2-1-3-5-7;2*1-6-3-4-7(2)5-6;/h1-5,8H,6H2;5H,3H2,1-2H3;3,5,7H,1-2H3;. The average Bonchev–Trinajstić information content (AvgIpc) is 3.02. The summed E-state index contributed by atoms with van der Waals surface area (Å²) in [7, 11) is 0. The number of hydrogen-bond acceptors (Lipinski definition) is 0. The van der Waals surface area contributed by atoms with E-state index < -0.39 is 16.6 Å². The molecule has 118 valence electrons. The van der Waals surface area contributed by atoms with Crippen LogP contribution in [-0.4, -0.2) is 6.91 Å². The maximum atomic E-state index is 2.53. The molecule has 0 saturated heterocycles. The van der Waals surface area contributed by atoms with E-state index in [9.17, 15) is 0 Å². The van der Waals surface area contributed by atoms with Gasteiger partial charge in [-0.1, -0.05) is 0 Å². The Balaban J connectivity index is 1.95. The van der Waals surface area contributed by atoms with Crippen molar-refractivity contribution in [1.82, 2.24) is 0 Å². The molecule has 1 atom stereocenters. The van der Waals surface area contributed by atoms with Gasteiger partial charge in [0.1, 0.15) is 0 Å². The minimum atomic E-state index is -1.31. The Kier molecular flexibility index (Phi) is 5.41. The van der Waals surface area contributed by atoms with E-state index in [1.165, 1.54) is 23.6 Å². The molecule has 1 aromatic carbocycles. The van der Waals surface area contributed by atoms with E-state index in [4.69, 9.17) is 0 Å². The van der Waals surface area contributed by atoms with Gasteiger partial charge in [-0.05, 0) is 0 Å². The first kappa shape index (κ1) is 17.0. The van der Waals surface area contributed by atoms with Crippen LogP contribution in [0.1, 0.15) is 39.7 Å². The molecule has 3 rings (SSSR count). The van der Waals surface area contributed by atoms with E-state index in [0.29, 0.717) is 12.8 Å². The van der Waals surface area contributed by atoms with Crippen molar-refractivity contribution in [3.8, 4) is 0 Å². The fourth-order valence-corrected chi connectivity index (χ4v) is 15.6. The van der Waals surface area contributed by atoms with Gasteiger partial charge in [-0.3, -0.25) is 0 Å². The van der Waals surface area contributed by atoms with Crippen LogP contribution in [0.2, 0.25) is 0 Å². The molecule has 0 nitrogen and oxygen atoms in total. The third-order valence-corrected chi connectivity index (χ3v) is 15.4. The fourth-order valence-electron chi connectivity index (χ4n) is 3.71. The molecule has 0 heterocycles. The van der Waals surface area contributed by atoms with Crippen molar-refractivity contribution in [3.63, 3.8) is 0 Å². The summed E-state index contributed by atoms with van der Waals surface area (Å²) in [5, 5.41) is 0. The van der Waals surface area contributed by atoms with Crippen LogP contribution in [0.5, 0.6) is 0 Å². The molecule has 23 heavy (non-hydrogen) atoms. The van der Waals surface area contributed by atoms with Crippen molar-refractivity contribution in [2.24, 2.45) is 5.92 Å². The maximum absolute atomic E-state index is 2.53. The predicted molar refractivity (Wildman–Crippen MR) is 99.4 cm³/mol. The van der Waals surface area contributed by atoms with Gasteiger partial charge in [-0.15, -0.1) is 0 Å². The van der Waals surface area contributed by atoms with Crippen LogP contribution in [0.4, 0.5) is 0 Å². The van der Waals surface area contributed by atoms with E-state index in [2.05, 4.69) is 76.3 Å². The summed E-state index contributed by atoms with van der Waals surface area (Å²) in [4.78, 5) is 0. The van der Waals surface area contributed by atoms with Crippen LogP contribution in [-0.2, 0) is 22.7 Å². The topological polar surface area (TPSA) is 0 Å². The summed E-state index contributed by atoms with van der Waals surface area (Å²) in [6.45, 7) is 9.84. The molecule has 1 aromatic rings. The molecule has 0 radical (unpaired) electrons. The first-order valence-corrected chi connectivity index (χ1v) is 14.2. The second-order valence-corrected chi connectivity index (χ2v) is 15.2. The first-order chi connectivity index (χ1) is 11.0. The Morgan fingerprint density at radius 2 is 1.83 bits per heavy atom. The predicted octanol–water partition coefficient (Wildman–Crippen LogP) is 5.26. The first-order valence-electron chi connectivity index (χ1n) is 8.56. The summed E-state index contributed by atoms with van der Waals surface area (Å²) >= 11 is -1.31. The zero-order valence-electron chi connectivity index (χ0n) is 14.7. The van der Waals surface area contributed by atoms with Crippen molar-refractivity contribution in [3.05, 3.63) is 78.6 Å². The Hall–Kier alpha value is -0.889. The molecule has 2 aliphatic rings. The third-order valence-electron chi connectivity index (χ3n) is 4.80. The number of benzene rings is 1. The van der Waals surface area contributed by atoms with Crippen molar-refractivity contribution < 1.29 is 16.6 Å². The Labute approximate surface area is 147 Å². The van der Waals surface area contributed by atoms with Crippen molar-refractivity contribution in [1.29, 1.82) is 0 Å². The van der Waals surface area contributed by atoms with E-state index in [-0.39, 0.29) is 0 Å². The summed E-state index contributed by atoms with van der Waals surface area (Å²) < 4.78 is 3.68. The molecule has 1 unspecified atom stereocenters. The van der Waals surface area contributed by atoms with Crippen molar-refractivity contribution >= 4 is 6.91 Å². The molecule has 0 saturated carbocycles. The normalized spacial score (nSPS) is 21.5. The second kappa shape index (κ2) is 7.34. The molecule has 0 spiro atoms. The molecule has 0 amide bonds. The van der Waals surface area contributed by atoms with E-state index in [1.807, 2.05) is 7.76 Å². The number of hydrogen-bond donors (Lipinski definition) is 0. The molecule has 0 fully saturated rings. The average molecular weight is 354 g/mol. The molecular formula is C21H26SiTi. The molecule has 0 aromatic heterocycles. The fraction of sp³-hybridized carbons (Fsp3) is 0.333. The van der Waals surface area contributed by atoms with Gasteiger partial charge in [0.2, 0.25) is 0 Å². The Bertz CT molecular complexity index is 760. The van der Waals surface area contributed by atoms with Crippen LogP contribution in [0.3, 0.4) is 0 Å². The van der Waals surface area contributed by atoms with E-state index >= 15 is 0 Å². The number of allylic oxidation sites excluding steroid dienone is 8. The third kappa shape index (κ3) is 3.96. The van der Waals surface area contributed by atoms with Crippen LogP contribution in [0, 0.1) is 5.92 Å². The zero-order valence-corrected chi connectivity index (χ0v) is 17.4. The molecule has 0 aliphatic heterocycles. The van der Waals surface area contributed by atoms with Crippen molar-refractivity contribution in [2.45, 2.75) is 40.2 Å². The Morgan fingerprint density at radius 3 is 2.39 bits per heavy atom. The van der Waals surface area contributed by atoms with E-state index in [1.54, 1.807) is 11.1 Å². The van der Waals surface area contributed by atoms with Crippen LogP contribution in [0.15, 0.2) is 73.0 Å². The molecule has 0 N–H and O–H groups in total. The monoisotopic (exact) mass is 354 g/mol. The summed E-state index contributed by atoms with van der Waals surface area (Å²) in [5.74, 6) is 0.675. The molecule has 2 aliphatic carbocycles. The van der Waals surface area contributed by atoms with Crippen LogP contribution >= 0.6 is 0 Å². The molecule has 0 bridgehead atoms.